The number of rotatable bonds is 1. The molecule has 0 aliphatic heterocycles. The fourth-order valence-electron chi connectivity index (χ4n) is 0.497. The summed E-state index contributed by atoms with van der Waals surface area (Å²) in [5.41, 5.74) is 0.924. The van der Waals surface area contributed by atoms with E-state index in [2.05, 4.69) is 23.2 Å². The van der Waals surface area contributed by atoms with Crippen LogP contribution in [0.3, 0.4) is 0 Å². The van der Waals surface area contributed by atoms with Crippen molar-refractivity contribution in [2.24, 2.45) is 0 Å². The molecule has 1 rings (SSSR count). The minimum Gasteiger partial charge on any atom is -0.257 e. The van der Waals surface area contributed by atoms with Crippen LogP contribution in [-0.4, -0.2) is 11.4 Å². The van der Waals surface area contributed by atoms with Gasteiger partial charge in [0, 0.05) is 12.6 Å². The number of hydrogen-bond donors (Lipinski definition) is 0. The molecule has 0 radical (unpaired) electrons. The molecule has 10 heavy (non-hydrogen) atoms. The molecule has 0 amide bonds. The van der Waals surface area contributed by atoms with E-state index >= 15 is 0 Å². The van der Waals surface area contributed by atoms with Crippen LogP contribution in [0.4, 0.5) is 0 Å². The molecule has 0 bridgehead atoms. The molecular formula is C8H10ClN. The SMILES string of the molecule is C=Cc1ccccn1.CCl. The molecule has 0 aliphatic carbocycles. The lowest BCUT2D eigenvalue weighted by Crippen LogP contribution is -1.73. The van der Waals surface area contributed by atoms with Crippen LogP contribution in [0.2, 0.25) is 0 Å². The van der Waals surface area contributed by atoms with Gasteiger partial charge < -0.3 is 0 Å². The topological polar surface area (TPSA) is 12.9 Å². The lowest BCUT2D eigenvalue weighted by atomic mass is 10.4. The highest BCUT2D eigenvalue weighted by atomic mass is 35.5. The van der Waals surface area contributed by atoms with Crippen molar-refractivity contribution in [3.63, 3.8) is 0 Å². The molecule has 54 valence electrons. The predicted molar refractivity (Wildman–Crippen MR) is 46.1 cm³/mol. The fraction of sp³-hybridized carbons (Fsp3) is 0.125. The minimum atomic E-state index is 0.924. The van der Waals surface area contributed by atoms with E-state index < -0.39 is 0 Å². The summed E-state index contributed by atoms with van der Waals surface area (Å²) in [5.74, 6) is 0. The first kappa shape index (κ1) is 9.18. The Morgan fingerprint density at radius 2 is 2.20 bits per heavy atom. The summed E-state index contributed by atoms with van der Waals surface area (Å²) in [7, 11) is 0. The van der Waals surface area contributed by atoms with Crippen LogP contribution in [0, 0.1) is 0 Å². The second-order valence-electron chi connectivity index (χ2n) is 1.46. The van der Waals surface area contributed by atoms with Crippen LogP contribution < -0.4 is 0 Å². The maximum Gasteiger partial charge on any atom is 0.0623 e. The second-order valence-corrected chi connectivity index (χ2v) is 1.46. The van der Waals surface area contributed by atoms with Gasteiger partial charge in [-0.1, -0.05) is 12.6 Å². The number of alkyl halides is 1. The van der Waals surface area contributed by atoms with Crippen LogP contribution in [0.1, 0.15) is 5.69 Å². The van der Waals surface area contributed by atoms with Gasteiger partial charge in [0.15, 0.2) is 0 Å². The van der Waals surface area contributed by atoms with E-state index in [1.165, 1.54) is 6.38 Å². The first-order chi connectivity index (χ1) is 4.93. The van der Waals surface area contributed by atoms with Crippen LogP contribution in [0.5, 0.6) is 0 Å². The third-order valence-electron chi connectivity index (χ3n) is 0.897. The van der Waals surface area contributed by atoms with Gasteiger partial charge in [0.1, 0.15) is 0 Å². The molecule has 0 unspecified atom stereocenters. The van der Waals surface area contributed by atoms with Crippen molar-refractivity contribution < 1.29 is 0 Å². The quantitative estimate of drug-likeness (QED) is 0.568. The Labute approximate surface area is 66.4 Å². The first-order valence-corrected chi connectivity index (χ1v) is 3.60. The van der Waals surface area contributed by atoms with Crippen LogP contribution in [-0.2, 0) is 0 Å². The normalized spacial score (nSPS) is 7.40. The van der Waals surface area contributed by atoms with Gasteiger partial charge in [-0.25, -0.2) is 0 Å². The molecule has 0 aliphatic rings. The van der Waals surface area contributed by atoms with Gasteiger partial charge in [0.25, 0.3) is 0 Å². The Morgan fingerprint density at radius 3 is 2.50 bits per heavy atom. The van der Waals surface area contributed by atoms with E-state index in [0.29, 0.717) is 0 Å². The first-order valence-electron chi connectivity index (χ1n) is 2.85. The molecule has 1 aromatic rings. The van der Waals surface area contributed by atoms with Crippen LogP contribution in [0.25, 0.3) is 6.08 Å². The van der Waals surface area contributed by atoms with Gasteiger partial charge in [0.2, 0.25) is 0 Å². The zero-order valence-electron chi connectivity index (χ0n) is 5.92. The Hall–Kier alpha value is -0.820. The lowest BCUT2D eigenvalue weighted by Gasteiger charge is -1.84. The number of hydrogen-bond acceptors (Lipinski definition) is 1. The van der Waals surface area contributed by atoms with E-state index in [1.807, 2.05) is 18.2 Å². The van der Waals surface area contributed by atoms with Crippen molar-refractivity contribution >= 4 is 17.7 Å². The van der Waals surface area contributed by atoms with Crippen molar-refractivity contribution in [3.8, 4) is 0 Å². The maximum atomic E-state index is 4.64. The van der Waals surface area contributed by atoms with Crippen molar-refractivity contribution in [2.75, 3.05) is 6.38 Å². The van der Waals surface area contributed by atoms with Crippen molar-refractivity contribution in [2.45, 2.75) is 0 Å². The van der Waals surface area contributed by atoms with Gasteiger partial charge in [-0.15, -0.1) is 11.6 Å². The number of aromatic nitrogens is 1. The fourth-order valence-corrected chi connectivity index (χ4v) is 0.497. The average molecular weight is 156 g/mol. The molecule has 2 heteroatoms. The summed E-state index contributed by atoms with van der Waals surface area (Å²) < 4.78 is 0. The van der Waals surface area contributed by atoms with E-state index in [0.717, 1.165) is 5.69 Å². The van der Waals surface area contributed by atoms with Crippen molar-refractivity contribution in [1.29, 1.82) is 0 Å². The molecule has 1 aromatic heterocycles. The average Bonchev–Trinajstić information content (AvgIpc) is 2.10. The monoisotopic (exact) mass is 155 g/mol. The van der Waals surface area contributed by atoms with Gasteiger partial charge in [-0.2, -0.15) is 0 Å². The Bertz CT molecular complexity index is 172. The van der Waals surface area contributed by atoms with E-state index in [9.17, 15) is 0 Å². The largest absolute Gasteiger partial charge is 0.257 e. The van der Waals surface area contributed by atoms with Crippen LogP contribution >= 0.6 is 11.6 Å². The molecule has 0 aromatic carbocycles. The molecule has 0 atom stereocenters. The molecule has 1 nitrogen and oxygen atoms in total. The third kappa shape index (κ3) is 3.25. The maximum absolute atomic E-state index is 4.64. The standard InChI is InChI=1S/C7H7N.CH3Cl/c1-2-7-5-3-4-6-8-7;1-2/h2-6H,1H2;1H3. The highest BCUT2D eigenvalue weighted by Gasteiger charge is 1.77. The molecule has 0 N–H and O–H groups in total. The number of pyridine rings is 1. The Kier molecular flexibility index (Phi) is 5.79. The third-order valence-corrected chi connectivity index (χ3v) is 0.897. The van der Waals surface area contributed by atoms with Crippen molar-refractivity contribution in [3.05, 3.63) is 36.7 Å². The van der Waals surface area contributed by atoms with Crippen LogP contribution in [0.15, 0.2) is 31.0 Å². The molecule has 0 saturated heterocycles. The zero-order chi connectivity index (χ0) is 7.82. The summed E-state index contributed by atoms with van der Waals surface area (Å²) in [5, 5.41) is 0. The summed E-state index contributed by atoms with van der Waals surface area (Å²) in [6, 6.07) is 5.73. The van der Waals surface area contributed by atoms with E-state index in [-0.39, 0.29) is 0 Å². The highest BCUT2D eigenvalue weighted by molar-refractivity contribution is 6.15. The second kappa shape index (κ2) is 6.30. The predicted octanol–water partition coefficient (Wildman–Crippen LogP) is 2.58. The molecule has 0 fully saturated rings. The lowest BCUT2D eigenvalue weighted by molar-refractivity contribution is 1.30. The van der Waals surface area contributed by atoms with Gasteiger partial charge in [-0.05, 0) is 18.2 Å². The summed E-state index contributed by atoms with van der Waals surface area (Å²) in [4.78, 5) is 3.98. The van der Waals surface area contributed by atoms with Crippen molar-refractivity contribution in [1.82, 2.24) is 4.98 Å². The van der Waals surface area contributed by atoms with E-state index in [4.69, 9.17) is 0 Å². The molecule has 0 spiro atoms. The smallest absolute Gasteiger partial charge is 0.0623 e. The van der Waals surface area contributed by atoms with Gasteiger partial charge in [0.05, 0.1) is 5.69 Å². The van der Waals surface area contributed by atoms with Gasteiger partial charge in [-0.3, -0.25) is 4.98 Å². The Balaban J connectivity index is 0.000000371. The minimum absolute atomic E-state index is 0.924. The molecule has 1 heterocycles. The number of nitrogens with zero attached hydrogens (tertiary/aromatic N) is 1. The Morgan fingerprint density at radius 1 is 1.50 bits per heavy atom. The molecular weight excluding hydrogens is 146 g/mol. The molecule has 0 saturated carbocycles. The zero-order valence-corrected chi connectivity index (χ0v) is 6.67. The van der Waals surface area contributed by atoms with Gasteiger partial charge >= 0.3 is 0 Å². The number of halogens is 1. The summed E-state index contributed by atoms with van der Waals surface area (Å²) in [6.07, 6.45) is 4.94. The summed E-state index contributed by atoms with van der Waals surface area (Å²) in [6.45, 7) is 3.57. The summed E-state index contributed by atoms with van der Waals surface area (Å²) >= 11 is 4.64. The van der Waals surface area contributed by atoms with E-state index in [1.54, 1.807) is 12.3 Å². The highest BCUT2D eigenvalue weighted by Crippen LogP contribution is 1.91.